The van der Waals surface area contributed by atoms with Crippen molar-refractivity contribution < 1.29 is 0 Å². The van der Waals surface area contributed by atoms with Crippen molar-refractivity contribution in [1.82, 2.24) is 9.80 Å². The maximum absolute atomic E-state index is 5.53. The standard InChI is InChI=1S/C10H20N2/c1-5-11(6-2)9-10-12(7-3)8-4/h1,3H,5-10H2,2,4H3. The summed E-state index contributed by atoms with van der Waals surface area (Å²) >= 11 is 0. The van der Waals surface area contributed by atoms with Crippen LogP contribution in [0, 0.1) is 13.8 Å². The molecule has 0 fully saturated rings. The highest BCUT2D eigenvalue weighted by Crippen LogP contribution is 1.90. The van der Waals surface area contributed by atoms with E-state index < -0.39 is 0 Å². The second-order valence-corrected chi connectivity index (χ2v) is 2.79. The van der Waals surface area contributed by atoms with Crippen LogP contribution >= 0.6 is 0 Å². The third-order valence-corrected chi connectivity index (χ3v) is 2.14. The molecule has 0 aliphatic heterocycles. The van der Waals surface area contributed by atoms with Crippen LogP contribution < -0.4 is 0 Å². The van der Waals surface area contributed by atoms with Crippen molar-refractivity contribution in [3.8, 4) is 0 Å². The maximum Gasteiger partial charge on any atom is 0.0109 e. The second-order valence-electron chi connectivity index (χ2n) is 2.79. The lowest BCUT2D eigenvalue weighted by Gasteiger charge is -2.23. The van der Waals surface area contributed by atoms with Crippen LogP contribution in [0.2, 0.25) is 0 Å². The third kappa shape index (κ3) is 4.73. The molecule has 0 aromatic heterocycles. The van der Waals surface area contributed by atoms with Crippen molar-refractivity contribution in [3.63, 3.8) is 0 Å². The molecule has 0 spiro atoms. The largest absolute Gasteiger partial charge is 0.302 e. The van der Waals surface area contributed by atoms with E-state index in [0.29, 0.717) is 13.1 Å². The van der Waals surface area contributed by atoms with Crippen molar-refractivity contribution in [2.24, 2.45) is 0 Å². The summed E-state index contributed by atoms with van der Waals surface area (Å²) < 4.78 is 0. The summed E-state index contributed by atoms with van der Waals surface area (Å²) in [7, 11) is 0. The normalized spacial score (nSPS) is 11.5. The first-order chi connectivity index (χ1) is 5.78. The van der Waals surface area contributed by atoms with Crippen molar-refractivity contribution in [3.05, 3.63) is 13.8 Å². The van der Waals surface area contributed by atoms with Crippen LogP contribution in [0.5, 0.6) is 0 Å². The molecule has 12 heavy (non-hydrogen) atoms. The summed E-state index contributed by atoms with van der Waals surface area (Å²) in [6.45, 7) is 20.6. The predicted octanol–water partition coefficient (Wildman–Crippen LogP) is 1.05. The molecular weight excluding hydrogens is 148 g/mol. The van der Waals surface area contributed by atoms with Gasteiger partial charge in [-0.1, -0.05) is 13.8 Å². The summed E-state index contributed by atoms with van der Waals surface area (Å²) in [5.74, 6) is 0. The van der Waals surface area contributed by atoms with Gasteiger partial charge in [-0.15, -0.1) is 0 Å². The van der Waals surface area contributed by atoms with Gasteiger partial charge in [0, 0.05) is 26.2 Å². The van der Waals surface area contributed by atoms with Crippen molar-refractivity contribution in [2.45, 2.75) is 13.8 Å². The first-order valence-corrected chi connectivity index (χ1v) is 4.63. The van der Waals surface area contributed by atoms with Crippen LogP contribution in [0.15, 0.2) is 0 Å². The minimum Gasteiger partial charge on any atom is -0.302 e. The van der Waals surface area contributed by atoms with E-state index in [0.717, 1.165) is 26.2 Å². The molecule has 0 aliphatic rings. The van der Waals surface area contributed by atoms with Crippen molar-refractivity contribution in [2.75, 3.05) is 39.3 Å². The van der Waals surface area contributed by atoms with Crippen LogP contribution in [0.4, 0.5) is 0 Å². The van der Waals surface area contributed by atoms with Crippen molar-refractivity contribution >= 4 is 0 Å². The lowest BCUT2D eigenvalue weighted by atomic mass is 10.4. The van der Waals surface area contributed by atoms with Gasteiger partial charge in [0.1, 0.15) is 0 Å². The van der Waals surface area contributed by atoms with E-state index in [1.807, 2.05) is 0 Å². The molecular formula is C10H20N2. The molecule has 0 atom stereocenters. The summed E-state index contributed by atoms with van der Waals surface area (Å²) in [5, 5.41) is 0. The molecule has 0 aliphatic carbocycles. The molecule has 0 saturated carbocycles. The molecule has 0 aromatic carbocycles. The Kier molecular flexibility index (Phi) is 7.51. The SMILES string of the molecule is [CH]CN(CC)CCN(C[CH])CC. The van der Waals surface area contributed by atoms with Crippen LogP contribution in [0.1, 0.15) is 13.8 Å². The summed E-state index contributed by atoms with van der Waals surface area (Å²) in [6, 6.07) is 0. The van der Waals surface area contributed by atoms with Gasteiger partial charge in [0.15, 0.2) is 0 Å². The van der Waals surface area contributed by atoms with E-state index in [1.54, 1.807) is 0 Å². The van der Waals surface area contributed by atoms with Crippen LogP contribution in [-0.4, -0.2) is 49.1 Å². The topological polar surface area (TPSA) is 6.48 Å². The first kappa shape index (κ1) is 11.9. The molecule has 0 N–H and O–H groups in total. The average molecular weight is 168 g/mol. The zero-order valence-electron chi connectivity index (χ0n) is 8.29. The molecule has 2 nitrogen and oxygen atoms in total. The Balaban J connectivity index is 3.49. The first-order valence-electron chi connectivity index (χ1n) is 4.63. The Morgan fingerprint density at radius 3 is 1.33 bits per heavy atom. The highest BCUT2D eigenvalue weighted by atomic mass is 15.2. The van der Waals surface area contributed by atoms with Gasteiger partial charge in [-0.3, -0.25) is 0 Å². The molecule has 0 aromatic rings. The molecule has 70 valence electrons. The van der Waals surface area contributed by atoms with E-state index in [1.165, 1.54) is 0 Å². The number of nitrogens with zero attached hydrogens (tertiary/aromatic N) is 2. The molecule has 0 unspecified atom stereocenters. The number of rotatable bonds is 7. The maximum atomic E-state index is 5.53. The van der Waals surface area contributed by atoms with Gasteiger partial charge in [-0.05, 0) is 26.9 Å². The minimum absolute atomic E-state index is 0.638. The summed E-state index contributed by atoms with van der Waals surface area (Å²) in [6.07, 6.45) is 0. The van der Waals surface area contributed by atoms with E-state index in [4.69, 9.17) is 13.8 Å². The Labute approximate surface area is 77.5 Å². The summed E-state index contributed by atoms with van der Waals surface area (Å²) in [4.78, 5) is 4.39. The highest BCUT2D eigenvalue weighted by Gasteiger charge is 2.02. The Morgan fingerprint density at radius 2 is 1.17 bits per heavy atom. The number of hydrogen-bond donors (Lipinski definition) is 0. The van der Waals surface area contributed by atoms with Gasteiger partial charge >= 0.3 is 0 Å². The van der Waals surface area contributed by atoms with Crippen LogP contribution in [-0.2, 0) is 0 Å². The van der Waals surface area contributed by atoms with Crippen LogP contribution in [0.25, 0.3) is 0 Å². The van der Waals surface area contributed by atoms with Crippen LogP contribution in [0.3, 0.4) is 0 Å². The smallest absolute Gasteiger partial charge is 0.0109 e. The van der Waals surface area contributed by atoms with E-state index in [9.17, 15) is 0 Å². The summed E-state index contributed by atoms with van der Waals surface area (Å²) in [5.41, 5.74) is 0. The van der Waals surface area contributed by atoms with E-state index in [2.05, 4.69) is 23.6 Å². The van der Waals surface area contributed by atoms with Gasteiger partial charge in [0.2, 0.25) is 0 Å². The third-order valence-electron chi connectivity index (χ3n) is 2.14. The van der Waals surface area contributed by atoms with Gasteiger partial charge in [0.25, 0.3) is 0 Å². The molecule has 0 bridgehead atoms. The zero-order chi connectivity index (χ0) is 9.40. The quantitative estimate of drug-likeness (QED) is 0.560. The molecule has 2 heteroatoms. The molecule has 4 radical (unpaired) electrons. The average Bonchev–Trinajstić information content (AvgIpc) is 2.13. The number of likely N-dealkylation sites (N-methyl/N-ethyl adjacent to an activating group) is 2. The predicted molar refractivity (Wildman–Crippen MR) is 52.8 cm³/mol. The second kappa shape index (κ2) is 7.56. The molecule has 0 saturated heterocycles. The number of hydrogen-bond acceptors (Lipinski definition) is 2. The monoisotopic (exact) mass is 168 g/mol. The molecule has 0 rings (SSSR count). The van der Waals surface area contributed by atoms with Crippen molar-refractivity contribution in [1.29, 1.82) is 0 Å². The van der Waals surface area contributed by atoms with Gasteiger partial charge < -0.3 is 9.80 Å². The Morgan fingerprint density at radius 1 is 0.833 bits per heavy atom. The fourth-order valence-corrected chi connectivity index (χ4v) is 1.04. The van der Waals surface area contributed by atoms with E-state index in [-0.39, 0.29) is 0 Å². The molecule has 0 heterocycles. The fourth-order valence-electron chi connectivity index (χ4n) is 1.04. The highest BCUT2D eigenvalue weighted by molar-refractivity contribution is 4.62. The Bertz CT molecular complexity index is 73.8. The lowest BCUT2D eigenvalue weighted by molar-refractivity contribution is 0.239. The van der Waals surface area contributed by atoms with Gasteiger partial charge in [0.05, 0.1) is 0 Å². The van der Waals surface area contributed by atoms with Gasteiger partial charge in [-0.2, -0.15) is 0 Å². The molecule has 0 amide bonds. The fraction of sp³-hybridized carbons (Fsp3) is 0.800. The minimum atomic E-state index is 0.638. The Hall–Kier alpha value is -0.0800. The van der Waals surface area contributed by atoms with Gasteiger partial charge in [-0.25, -0.2) is 0 Å². The van der Waals surface area contributed by atoms with E-state index >= 15 is 0 Å². The lowest BCUT2D eigenvalue weighted by Crippen LogP contribution is -2.34. The zero-order valence-corrected chi connectivity index (χ0v) is 8.29.